The van der Waals surface area contributed by atoms with Gasteiger partial charge in [-0.25, -0.2) is 4.79 Å². The zero-order valence-electron chi connectivity index (χ0n) is 30.5. The number of hydrogen-bond acceptors (Lipinski definition) is 9. The Morgan fingerprint density at radius 3 is 2.51 bits per heavy atom. The summed E-state index contributed by atoms with van der Waals surface area (Å²) in [4.78, 5) is 29.6. The first-order valence-corrected chi connectivity index (χ1v) is 17.6. The van der Waals surface area contributed by atoms with Gasteiger partial charge in [-0.2, -0.15) is 0 Å². The molecule has 272 valence electrons. The second-order valence-corrected chi connectivity index (χ2v) is 14.0. The van der Waals surface area contributed by atoms with E-state index in [9.17, 15) is 9.59 Å². The lowest BCUT2D eigenvalue weighted by Gasteiger charge is -2.44. The van der Waals surface area contributed by atoms with E-state index in [4.69, 9.17) is 28.4 Å². The van der Waals surface area contributed by atoms with Crippen LogP contribution in [0.1, 0.15) is 70.6 Å². The number of nitrogens with zero attached hydrogens (tertiary/aromatic N) is 2. The number of ether oxygens (including phenoxy) is 6. The highest BCUT2D eigenvalue weighted by atomic mass is 16.6. The molecule has 0 aliphatic carbocycles. The van der Waals surface area contributed by atoms with Crippen LogP contribution in [0.15, 0.2) is 42.5 Å². The number of likely N-dealkylation sites (tertiary alicyclic amines) is 1. The van der Waals surface area contributed by atoms with Crippen LogP contribution in [-0.4, -0.2) is 101 Å². The van der Waals surface area contributed by atoms with E-state index in [0.717, 1.165) is 47.6 Å². The highest BCUT2D eigenvalue weighted by molar-refractivity contribution is 5.73. The van der Waals surface area contributed by atoms with Crippen molar-refractivity contribution in [3.63, 3.8) is 0 Å². The van der Waals surface area contributed by atoms with Crippen molar-refractivity contribution >= 4 is 17.7 Å². The Morgan fingerprint density at radius 1 is 1.06 bits per heavy atom. The molecule has 0 spiro atoms. The Hall–Kier alpha value is -3.38. The smallest absolute Gasteiger partial charge is 0.410 e. The summed E-state index contributed by atoms with van der Waals surface area (Å²) >= 11 is 0. The molecule has 2 heterocycles. The summed E-state index contributed by atoms with van der Waals surface area (Å²) in [6, 6.07) is 14.6. The summed E-state index contributed by atoms with van der Waals surface area (Å²) < 4.78 is 35.3. The van der Waals surface area contributed by atoms with Crippen molar-refractivity contribution in [1.82, 2.24) is 10.2 Å². The summed E-state index contributed by atoms with van der Waals surface area (Å²) in [5.41, 5.74) is 3.56. The number of anilines is 1. The van der Waals surface area contributed by atoms with E-state index in [1.54, 1.807) is 12.0 Å². The predicted molar refractivity (Wildman–Crippen MR) is 189 cm³/mol. The molecule has 4 rings (SSSR count). The Bertz CT molecular complexity index is 1330. The van der Waals surface area contributed by atoms with Gasteiger partial charge < -0.3 is 43.5 Å². The van der Waals surface area contributed by atoms with E-state index >= 15 is 0 Å². The fourth-order valence-electron chi connectivity index (χ4n) is 6.45. The molecule has 1 unspecified atom stereocenters. The number of carbonyl (C=O) groups excluding carboxylic acids is 2. The second kappa shape index (κ2) is 18.6. The molecular formula is C38H57N3O8. The third kappa shape index (κ3) is 11.9. The first-order valence-electron chi connectivity index (χ1n) is 17.6. The largest absolute Gasteiger partial charge is 0.490 e. The number of benzene rings is 2. The van der Waals surface area contributed by atoms with Crippen LogP contribution in [0, 0.1) is 5.92 Å². The molecular weight excluding hydrogens is 626 g/mol. The van der Waals surface area contributed by atoms with Crippen LogP contribution in [0.3, 0.4) is 0 Å². The van der Waals surface area contributed by atoms with Crippen molar-refractivity contribution in [1.29, 1.82) is 0 Å². The Labute approximate surface area is 292 Å². The van der Waals surface area contributed by atoms with Crippen molar-refractivity contribution in [2.24, 2.45) is 5.92 Å². The Kier molecular flexibility index (Phi) is 14.6. The van der Waals surface area contributed by atoms with Gasteiger partial charge in [-0.05, 0) is 69.9 Å². The maximum absolute atomic E-state index is 13.4. The van der Waals surface area contributed by atoms with E-state index in [0.29, 0.717) is 59.3 Å². The zero-order valence-corrected chi connectivity index (χ0v) is 30.5. The number of fused-ring (bicyclic) bond motifs is 1. The van der Waals surface area contributed by atoms with Crippen molar-refractivity contribution in [3.8, 4) is 5.75 Å². The molecule has 0 aromatic heterocycles. The molecule has 2 aromatic rings. The minimum Gasteiger partial charge on any atom is -0.490 e. The molecule has 49 heavy (non-hydrogen) atoms. The molecule has 0 radical (unpaired) electrons. The van der Waals surface area contributed by atoms with Gasteiger partial charge in [-0.15, -0.1) is 0 Å². The molecule has 11 heteroatoms. The van der Waals surface area contributed by atoms with Crippen LogP contribution in [0.2, 0.25) is 0 Å². The van der Waals surface area contributed by atoms with Crippen LogP contribution in [0.25, 0.3) is 0 Å². The van der Waals surface area contributed by atoms with Gasteiger partial charge in [0, 0.05) is 58.7 Å². The quantitative estimate of drug-likeness (QED) is 0.229. The van der Waals surface area contributed by atoms with Crippen molar-refractivity contribution < 1.29 is 38.0 Å². The molecule has 2 aromatic carbocycles. The molecule has 2 aliphatic heterocycles. The van der Waals surface area contributed by atoms with Crippen molar-refractivity contribution in [2.75, 3.05) is 71.2 Å². The van der Waals surface area contributed by atoms with Gasteiger partial charge in [0.1, 0.15) is 18.0 Å². The summed E-state index contributed by atoms with van der Waals surface area (Å²) in [5, 5.41) is 3.00. The van der Waals surface area contributed by atoms with Gasteiger partial charge in [0.25, 0.3) is 0 Å². The fraction of sp³-hybridized carbons (Fsp3) is 0.632. The lowest BCUT2D eigenvalue weighted by atomic mass is 9.78. The maximum atomic E-state index is 13.4. The van der Waals surface area contributed by atoms with Gasteiger partial charge in [0.15, 0.2) is 0 Å². The summed E-state index contributed by atoms with van der Waals surface area (Å²) in [6.45, 7) is 17.3. The summed E-state index contributed by atoms with van der Waals surface area (Å²) in [6.07, 6.45) is 0.208. The maximum Gasteiger partial charge on any atom is 0.410 e. The molecule has 4 atom stereocenters. The Morgan fingerprint density at radius 2 is 1.82 bits per heavy atom. The Balaban J connectivity index is 1.58. The highest BCUT2D eigenvalue weighted by Gasteiger charge is 2.41. The van der Waals surface area contributed by atoms with Gasteiger partial charge in [0.05, 0.1) is 50.8 Å². The molecule has 1 saturated heterocycles. The van der Waals surface area contributed by atoms with E-state index in [-0.39, 0.29) is 30.0 Å². The number of carbonyl (C=O) groups is 2. The first-order chi connectivity index (χ1) is 23.5. The van der Waals surface area contributed by atoms with Crippen LogP contribution < -0.4 is 15.0 Å². The van der Waals surface area contributed by atoms with Gasteiger partial charge in [-0.1, -0.05) is 30.3 Å². The van der Waals surface area contributed by atoms with Crippen molar-refractivity contribution in [3.05, 3.63) is 59.2 Å². The molecule has 11 nitrogen and oxygen atoms in total. The van der Waals surface area contributed by atoms with Gasteiger partial charge >= 0.3 is 6.09 Å². The topological polar surface area (TPSA) is 108 Å². The average Bonchev–Trinajstić information content (AvgIpc) is 3.06. The van der Waals surface area contributed by atoms with Crippen LogP contribution >= 0.6 is 0 Å². The van der Waals surface area contributed by atoms with Crippen LogP contribution in [0.4, 0.5) is 10.5 Å². The molecule has 1 N–H and O–H groups in total. The lowest BCUT2D eigenvalue weighted by Crippen LogP contribution is -2.54. The molecule has 0 bridgehead atoms. The highest BCUT2D eigenvalue weighted by Crippen LogP contribution is 2.37. The lowest BCUT2D eigenvalue weighted by molar-refractivity contribution is -0.119. The number of rotatable bonds is 16. The minimum absolute atomic E-state index is 0.0354. The molecule has 2 aliphatic rings. The summed E-state index contributed by atoms with van der Waals surface area (Å²) in [7, 11) is 1.72. The zero-order chi connectivity index (χ0) is 35.4. The summed E-state index contributed by atoms with van der Waals surface area (Å²) in [5.74, 6) is 0.541. The van der Waals surface area contributed by atoms with Gasteiger partial charge in [0.2, 0.25) is 5.91 Å². The minimum atomic E-state index is -0.643. The third-order valence-electron chi connectivity index (χ3n) is 8.69. The number of amides is 2. The van der Waals surface area contributed by atoms with E-state index in [2.05, 4.69) is 40.5 Å². The monoisotopic (exact) mass is 683 g/mol. The fourth-order valence-corrected chi connectivity index (χ4v) is 6.45. The van der Waals surface area contributed by atoms with Crippen LogP contribution in [-0.2, 0) is 41.7 Å². The van der Waals surface area contributed by atoms with Crippen molar-refractivity contribution in [2.45, 2.75) is 84.9 Å². The standard InChI is InChI=1S/C38H57N3O8/c1-8-46-27(2)24-45-25-29-10-13-31(14-11-29)36-32(21-39-28(3)42)22-41(37(43)49-38(4,5)6)23-35(36)48-26-30-12-15-34-33(20-30)40(17-19-47-34)16-9-18-44-7/h10-15,20,27,32,35-36H,8-9,16-19,21-26H2,1-7H3,(H,39,42)/t27?,32-,35+,36+/m1/s1. The molecule has 0 saturated carbocycles. The number of methoxy groups -OCH3 is 1. The number of nitrogens with one attached hydrogen (secondary N) is 1. The number of hydrogen-bond donors (Lipinski definition) is 1. The van der Waals surface area contributed by atoms with E-state index in [1.165, 1.54) is 6.92 Å². The third-order valence-corrected chi connectivity index (χ3v) is 8.69. The first kappa shape index (κ1) is 38.4. The van der Waals surface area contributed by atoms with E-state index < -0.39 is 11.7 Å². The normalized spacial score (nSPS) is 19.9. The predicted octanol–water partition coefficient (Wildman–Crippen LogP) is 5.54. The average molecular weight is 684 g/mol. The van der Waals surface area contributed by atoms with Crippen LogP contribution in [0.5, 0.6) is 5.75 Å². The molecule has 1 fully saturated rings. The van der Waals surface area contributed by atoms with E-state index in [1.807, 2.05) is 46.8 Å². The second-order valence-electron chi connectivity index (χ2n) is 14.0. The molecule has 2 amide bonds. The number of piperidine rings is 1. The van der Waals surface area contributed by atoms with Gasteiger partial charge in [-0.3, -0.25) is 4.79 Å². The SMILES string of the molecule is CCOC(C)COCc1ccc([C@H]2[C@H](CNC(C)=O)CN(C(=O)OC(C)(C)C)C[C@@H]2OCc2ccc3c(c2)N(CCCOC)CCO3)cc1.